The number of Topliss-reactive ketones (excluding diaryl/α,β-unsaturated/α-hetero) is 1. The van der Waals surface area contributed by atoms with Gasteiger partial charge in [0.05, 0.1) is 16.9 Å². The third kappa shape index (κ3) is 5.52. The van der Waals surface area contributed by atoms with Crippen molar-refractivity contribution in [1.82, 2.24) is 0 Å². The fraction of sp³-hybridized carbons (Fsp3) is 0.364. The fourth-order valence-electron chi connectivity index (χ4n) is 3.36. The van der Waals surface area contributed by atoms with Crippen LogP contribution in [0.25, 0.3) is 0 Å². The molecule has 1 heterocycles. The zero-order valence-electron chi connectivity index (χ0n) is 16.6. The summed E-state index contributed by atoms with van der Waals surface area (Å²) < 4.78 is 44.9. The number of carbonyl (C=O) groups excluding carboxylic acids is 2. The highest BCUT2D eigenvalue weighted by Gasteiger charge is 2.32. The Hall–Kier alpha value is -3.03. The van der Waals surface area contributed by atoms with Gasteiger partial charge >= 0.3 is 6.18 Å². The SMILES string of the molecule is CC(=O)c1cccc(OCC(=O)Nc2cc(C(F)(F)F)ccc2N2CCCCC2)c1. The minimum atomic E-state index is -4.51. The molecule has 0 spiro atoms. The van der Waals surface area contributed by atoms with E-state index in [0.29, 0.717) is 17.0 Å². The van der Waals surface area contributed by atoms with Crippen LogP contribution in [0.1, 0.15) is 42.1 Å². The molecule has 0 unspecified atom stereocenters. The van der Waals surface area contributed by atoms with Gasteiger partial charge in [0.25, 0.3) is 5.91 Å². The second kappa shape index (κ2) is 9.19. The first-order chi connectivity index (χ1) is 14.2. The van der Waals surface area contributed by atoms with Gasteiger partial charge in [0, 0.05) is 18.7 Å². The monoisotopic (exact) mass is 420 g/mol. The van der Waals surface area contributed by atoms with Gasteiger partial charge in [0.2, 0.25) is 0 Å². The molecule has 0 radical (unpaired) electrons. The summed E-state index contributed by atoms with van der Waals surface area (Å²) in [4.78, 5) is 25.8. The molecule has 0 atom stereocenters. The summed E-state index contributed by atoms with van der Waals surface area (Å²) in [7, 11) is 0. The van der Waals surface area contributed by atoms with E-state index in [1.54, 1.807) is 18.2 Å². The highest BCUT2D eigenvalue weighted by atomic mass is 19.4. The summed E-state index contributed by atoms with van der Waals surface area (Å²) in [6, 6.07) is 9.76. The average molecular weight is 420 g/mol. The van der Waals surface area contributed by atoms with Crippen molar-refractivity contribution in [2.24, 2.45) is 0 Å². The molecule has 0 saturated carbocycles. The average Bonchev–Trinajstić information content (AvgIpc) is 2.72. The molecule has 1 fully saturated rings. The van der Waals surface area contributed by atoms with Gasteiger partial charge in [-0.15, -0.1) is 0 Å². The second-order valence-corrected chi connectivity index (χ2v) is 7.20. The Kier molecular flexibility index (Phi) is 6.64. The molecule has 30 heavy (non-hydrogen) atoms. The summed E-state index contributed by atoms with van der Waals surface area (Å²) in [5.41, 5.74) is 0.291. The molecule has 3 rings (SSSR count). The lowest BCUT2D eigenvalue weighted by Crippen LogP contribution is -2.31. The van der Waals surface area contributed by atoms with Crippen LogP contribution in [0.4, 0.5) is 24.5 Å². The van der Waals surface area contributed by atoms with Crippen molar-refractivity contribution in [3.8, 4) is 5.75 Å². The third-order valence-corrected chi connectivity index (χ3v) is 4.91. The molecular formula is C22H23F3N2O3. The predicted octanol–water partition coefficient (Wildman–Crippen LogP) is 4.92. The zero-order valence-corrected chi connectivity index (χ0v) is 16.6. The number of amides is 1. The second-order valence-electron chi connectivity index (χ2n) is 7.20. The molecule has 0 bridgehead atoms. The van der Waals surface area contributed by atoms with E-state index in [1.165, 1.54) is 19.1 Å². The van der Waals surface area contributed by atoms with Crippen molar-refractivity contribution in [2.75, 3.05) is 29.9 Å². The normalized spacial score (nSPS) is 14.3. The van der Waals surface area contributed by atoms with Crippen molar-refractivity contribution in [2.45, 2.75) is 32.4 Å². The predicted molar refractivity (Wildman–Crippen MR) is 108 cm³/mol. The highest BCUT2D eigenvalue weighted by Crippen LogP contribution is 2.36. The van der Waals surface area contributed by atoms with Crippen LogP contribution in [-0.4, -0.2) is 31.4 Å². The van der Waals surface area contributed by atoms with E-state index in [9.17, 15) is 22.8 Å². The number of rotatable bonds is 6. The summed E-state index contributed by atoms with van der Waals surface area (Å²) in [6.45, 7) is 2.48. The van der Waals surface area contributed by atoms with Crippen LogP contribution in [0.15, 0.2) is 42.5 Å². The molecule has 1 saturated heterocycles. The van der Waals surface area contributed by atoms with Crippen LogP contribution in [0.2, 0.25) is 0 Å². The number of nitrogens with zero attached hydrogens (tertiary/aromatic N) is 1. The van der Waals surface area contributed by atoms with Crippen molar-refractivity contribution >= 4 is 23.1 Å². The lowest BCUT2D eigenvalue weighted by atomic mass is 10.1. The van der Waals surface area contributed by atoms with Gasteiger partial charge in [0.1, 0.15) is 5.75 Å². The smallest absolute Gasteiger partial charge is 0.416 e. The van der Waals surface area contributed by atoms with E-state index in [0.717, 1.165) is 44.5 Å². The van der Waals surface area contributed by atoms with Crippen molar-refractivity contribution < 1.29 is 27.5 Å². The van der Waals surface area contributed by atoms with Gasteiger partial charge in [-0.25, -0.2) is 0 Å². The van der Waals surface area contributed by atoms with E-state index in [2.05, 4.69) is 5.32 Å². The van der Waals surface area contributed by atoms with Crippen LogP contribution in [0.5, 0.6) is 5.75 Å². The molecule has 0 aromatic heterocycles. The first-order valence-electron chi connectivity index (χ1n) is 9.74. The summed E-state index contributed by atoms with van der Waals surface area (Å²) in [5, 5.41) is 2.56. The lowest BCUT2D eigenvalue weighted by molar-refractivity contribution is -0.137. The van der Waals surface area contributed by atoms with Gasteiger partial charge in [-0.3, -0.25) is 9.59 Å². The fourth-order valence-corrected chi connectivity index (χ4v) is 3.36. The molecule has 2 aromatic rings. The number of alkyl halides is 3. The van der Waals surface area contributed by atoms with Crippen molar-refractivity contribution in [3.63, 3.8) is 0 Å². The summed E-state index contributed by atoms with van der Waals surface area (Å²) in [5.74, 6) is -0.390. The highest BCUT2D eigenvalue weighted by molar-refractivity contribution is 5.96. The number of benzene rings is 2. The van der Waals surface area contributed by atoms with E-state index in [1.807, 2.05) is 4.90 Å². The lowest BCUT2D eigenvalue weighted by Gasteiger charge is -2.31. The molecule has 2 aromatic carbocycles. The first kappa shape index (κ1) is 21.7. The van der Waals surface area contributed by atoms with E-state index in [-0.39, 0.29) is 11.5 Å². The zero-order chi connectivity index (χ0) is 21.7. The Morgan fingerprint density at radius 2 is 1.80 bits per heavy atom. The number of nitrogens with one attached hydrogen (secondary N) is 1. The molecular weight excluding hydrogens is 397 g/mol. The minimum Gasteiger partial charge on any atom is -0.484 e. The number of anilines is 2. The standard InChI is InChI=1S/C22H23F3N2O3/c1-15(28)16-6-5-7-18(12-16)30-14-21(29)26-19-13-17(22(23,24)25)8-9-20(19)27-10-3-2-4-11-27/h5-9,12-13H,2-4,10-11,14H2,1H3,(H,26,29). The first-order valence-corrected chi connectivity index (χ1v) is 9.74. The van der Waals surface area contributed by atoms with Crippen LogP contribution in [-0.2, 0) is 11.0 Å². The Labute approximate surface area is 172 Å². The molecule has 5 nitrogen and oxygen atoms in total. The van der Waals surface area contributed by atoms with E-state index in [4.69, 9.17) is 4.74 Å². The van der Waals surface area contributed by atoms with E-state index >= 15 is 0 Å². The molecule has 1 amide bonds. The van der Waals surface area contributed by atoms with Gasteiger partial charge < -0.3 is 15.0 Å². The number of carbonyl (C=O) groups is 2. The van der Waals surface area contributed by atoms with Crippen molar-refractivity contribution in [3.05, 3.63) is 53.6 Å². The van der Waals surface area contributed by atoms with Crippen LogP contribution in [0.3, 0.4) is 0 Å². The maximum Gasteiger partial charge on any atom is 0.416 e. The number of hydrogen-bond acceptors (Lipinski definition) is 4. The third-order valence-electron chi connectivity index (χ3n) is 4.91. The largest absolute Gasteiger partial charge is 0.484 e. The Balaban J connectivity index is 1.75. The van der Waals surface area contributed by atoms with Gasteiger partial charge in [-0.2, -0.15) is 13.2 Å². The van der Waals surface area contributed by atoms with Crippen molar-refractivity contribution in [1.29, 1.82) is 0 Å². The van der Waals surface area contributed by atoms with Gasteiger partial charge in [-0.05, 0) is 56.5 Å². The Morgan fingerprint density at radius 1 is 1.07 bits per heavy atom. The van der Waals surface area contributed by atoms with E-state index < -0.39 is 24.3 Å². The molecule has 1 N–H and O–H groups in total. The quantitative estimate of drug-likeness (QED) is 0.675. The number of piperidine rings is 1. The minimum absolute atomic E-state index is 0.109. The molecule has 1 aliphatic heterocycles. The van der Waals surface area contributed by atoms with Gasteiger partial charge in [-0.1, -0.05) is 12.1 Å². The Morgan fingerprint density at radius 3 is 2.47 bits per heavy atom. The van der Waals surface area contributed by atoms with Gasteiger partial charge in [0.15, 0.2) is 12.4 Å². The molecule has 160 valence electrons. The van der Waals surface area contributed by atoms with Crippen LogP contribution >= 0.6 is 0 Å². The molecule has 1 aliphatic rings. The number of halogens is 3. The summed E-state index contributed by atoms with van der Waals surface area (Å²) >= 11 is 0. The number of ether oxygens (including phenoxy) is 1. The number of hydrogen-bond donors (Lipinski definition) is 1. The summed E-state index contributed by atoms with van der Waals surface area (Å²) in [6.07, 6.45) is -1.54. The molecule has 0 aliphatic carbocycles. The maximum absolute atomic E-state index is 13.2. The molecule has 8 heteroatoms. The Bertz CT molecular complexity index is 922. The topological polar surface area (TPSA) is 58.6 Å². The number of ketones is 1. The maximum atomic E-state index is 13.2. The van der Waals surface area contributed by atoms with Crippen LogP contribution in [0, 0.1) is 0 Å². The van der Waals surface area contributed by atoms with Crippen LogP contribution < -0.4 is 15.0 Å².